The zero-order valence-corrected chi connectivity index (χ0v) is 20.5. The van der Waals surface area contributed by atoms with Crippen molar-refractivity contribution < 1.29 is 9.53 Å². The highest BCUT2D eigenvalue weighted by atomic mass is 16.6. The summed E-state index contributed by atoms with van der Waals surface area (Å²) in [6.07, 6.45) is 10.6. The maximum atomic E-state index is 12.0. The number of nitrogens with zero attached hydrogens (tertiary/aromatic N) is 1. The summed E-state index contributed by atoms with van der Waals surface area (Å²) in [5, 5.41) is 3.97. The number of ether oxygens (including phenoxy) is 1. The number of esters is 1. The molecule has 1 heterocycles. The highest BCUT2D eigenvalue weighted by molar-refractivity contribution is 5.70. The van der Waals surface area contributed by atoms with Gasteiger partial charge in [0.25, 0.3) is 0 Å². The van der Waals surface area contributed by atoms with Crippen molar-refractivity contribution in [2.45, 2.75) is 90.3 Å². The summed E-state index contributed by atoms with van der Waals surface area (Å²) >= 11 is 0. The first-order valence-corrected chi connectivity index (χ1v) is 12.7. The number of carbonyl (C=O) groups is 1. The van der Waals surface area contributed by atoms with Crippen LogP contribution in [0.2, 0.25) is 0 Å². The van der Waals surface area contributed by atoms with E-state index < -0.39 is 0 Å². The molecule has 176 valence electrons. The van der Waals surface area contributed by atoms with Gasteiger partial charge in [0.05, 0.1) is 6.42 Å². The van der Waals surface area contributed by atoms with Crippen LogP contribution in [0.5, 0.6) is 0 Å². The standard InChI is InChI=1S/C28H42N2O2/c1-5-22(17-21-9-7-6-8-10-21)24-18-25(24)29-23-19-28(20-23)12-15-30(16-13-28)14-11-26(31)32-27(2,3)4/h6-10,17,23-25,29H,5,11-16,18-20H2,1-4H3/b22-17+/t24-,25+/m0/s1. The summed E-state index contributed by atoms with van der Waals surface area (Å²) in [7, 11) is 0. The lowest BCUT2D eigenvalue weighted by Gasteiger charge is -2.52. The molecule has 0 radical (unpaired) electrons. The van der Waals surface area contributed by atoms with E-state index in [1.54, 1.807) is 5.57 Å². The predicted molar refractivity (Wildman–Crippen MR) is 131 cm³/mol. The minimum atomic E-state index is -0.382. The number of benzene rings is 1. The normalized spacial score (nSPS) is 26.1. The molecule has 1 aromatic carbocycles. The van der Waals surface area contributed by atoms with Gasteiger partial charge in [0.2, 0.25) is 0 Å². The van der Waals surface area contributed by atoms with E-state index in [2.05, 4.69) is 53.5 Å². The number of piperidine rings is 1. The van der Waals surface area contributed by atoms with Gasteiger partial charge in [-0.05, 0) is 89.3 Å². The van der Waals surface area contributed by atoms with Crippen LogP contribution in [0.15, 0.2) is 35.9 Å². The van der Waals surface area contributed by atoms with Crippen molar-refractivity contribution in [2.24, 2.45) is 11.3 Å². The van der Waals surface area contributed by atoms with E-state index in [9.17, 15) is 4.79 Å². The average Bonchev–Trinajstić information content (AvgIpc) is 3.49. The van der Waals surface area contributed by atoms with Crippen molar-refractivity contribution in [3.05, 3.63) is 41.5 Å². The van der Waals surface area contributed by atoms with Crippen molar-refractivity contribution in [3.63, 3.8) is 0 Å². The summed E-state index contributed by atoms with van der Waals surface area (Å²) in [6.45, 7) is 11.2. The van der Waals surface area contributed by atoms with Crippen LogP contribution in [0.25, 0.3) is 6.08 Å². The van der Waals surface area contributed by atoms with Crippen LogP contribution in [-0.4, -0.2) is 48.2 Å². The minimum absolute atomic E-state index is 0.0718. The van der Waals surface area contributed by atoms with Crippen LogP contribution in [0.3, 0.4) is 0 Å². The fourth-order valence-corrected chi connectivity index (χ4v) is 5.73. The van der Waals surface area contributed by atoms with Gasteiger partial charge < -0.3 is 15.0 Å². The third-order valence-corrected chi connectivity index (χ3v) is 7.60. The van der Waals surface area contributed by atoms with Gasteiger partial charge in [-0.2, -0.15) is 0 Å². The van der Waals surface area contributed by atoms with Gasteiger partial charge >= 0.3 is 5.97 Å². The lowest BCUT2D eigenvalue weighted by molar-refractivity contribution is -0.155. The first kappa shape index (κ1) is 23.5. The third-order valence-electron chi connectivity index (χ3n) is 7.60. The molecule has 2 aliphatic carbocycles. The summed E-state index contributed by atoms with van der Waals surface area (Å²) in [5.41, 5.74) is 3.10. The Bertz CT molecular complexity index is 794. The largest absolute Gasteiger partial charge is 0.460 e. The Morgan fingerprint density at radius 1 is 1.19 bits per heavy atom. The second kappa shape index (κ2) is 9.69. The molecule has 0 bridgehead atoms. The molecule has 0 aromatic heterocycles. The molecule has 1 saturated heterocycles. The number of rotatable bonds is 8. The SMILES string of the molecule is CC/C(=C\c1ccccc1)[C@@H]1C[C@H]1NC1CC2(CCN(CCC(=O)OC(C)(C)C)CC2)C1. The molecule has 3 fully saturated rings. The van der Waals surface area contributed by atoms with E-state index in [0.717, 1.165) is 32.0 Å². The highest BCUT2D eigenvalue weighted by Gasteiger charge is 2.49. The second-order valence-corrected chi connectivity index (χ2v) is 11.4. The Hall–Kier alpha value is -1.65. The molecule has 1 aromatic rings. The Labute approximate surface area is 194 Å². The molecule has 4 nitrogen and oxygen atoms in total. The zero-order valence-electron chi connectivity index (χ0n) is 20.5. The van der Waals surface area contributed by atoms with Crippen LogP contribution in [-0.2, 0) is 9.53 Å². The van der Waals surface area contributed by atoms with Gasteiger partial charge in [0.1, 0.15) is 5.60 Å². The van der Waals surface area contributed by atoms with Crippen molar-refractivity contribution >= 4 is 12.0 Å². The summed E-state index contributed by atoms with van der Waals surface area (Å²) in [5.74, 6) is 0.656. The van der Waals surface area contributed by atoms with Gasteiger partial charge in [-0.1, -0.05) is 48.9 Å². The molecule has 2 atom stereocenters. The maximum absolute atomic E-state index is 12.0. The van der Waals surface area contributed by atoms with Crippen LogP contribution >= 0.6 is 0 Å². The predicted octanol–water partition coefficient (Wildman–Crippen LogP) is 5.43. The van der Waals surface area contributed by atoms with E-state index in [4.69, 9.17) is 4.74 Å². The lowest BCUT2D eigenvalue weighted by Crippen LogP contribution is -2.54. The maximum Gasteiger partial charge on any atom is 0.307 e. The van der Waals surface area contributed by atoms with Crippen LogP contribution < -0.4 is 5.32 Å². The first-order chi connectivity index (χ1) is 15.3. The summed E-state index contributed by atoms with van der Waals surface area (Å²) in [4.78, 5) is 14.4. The molecule has 1 spiro atoms. The molecule has 0 amide bonds. The van der Waals surface area contributed by atoms with E-state index in [0.29, 0.717) is 23.9 Å². The molecule has 4 heteroatoms. The number of hydrogen-bond donors (Lipinski definition) is 1. The molecule has 3 aliphatic rings. The summed E-state index contributed by atoms with van der Waals surface area (Å²) < 4.78 is 5.45. The lowest BCUT2D eigenvalue weighted by atomic mass is 9.60. The number of hydrogen-bond acceptors (Lipinski definition) is 4. The Balaban J connectivity index is 1.15. The van der Waals surface area contributed by atoms with Gasteiger partial charge in [0, 0.05) is 18.6 Å². The topological polar surface area (TPSA) is 41.6 Å². The third kappa shape index (κ3) is 6.23. The van der Waals surface area contributed by atoms with Crippen molar-refractivity contribution in [2.75, 3.05) is 19.6 Å². The highest BCUT2D eigenvalue weighted by Crippen LogP contribution is 2.51. The number of nitrogens with one attached hydrogen (secondary N) is 1. The molecular formula is C28H42N2O2. The molecular weight excluding hydrogens is 396 g/mol. The van der Waals surface area contributed by atoms with Crippen molar-refractivity contribution in [1.82, 2.24) is 10.2 Å². The Morgan fingerprint density at radius 2 is 1.88 bits per heavy atom. The van der Waals surface area contributed by atoms with Crippen molar-refractivity contribution in [3.8, 4) is 0 Å². The molecule has 2 saturated carbocycles. The second-order valence-electron chi connectivity index (χ2n) is 11.4. The first-order valence-electron chi connectivity index (χ1n) is 12.7. The van der Waals surface area contributed by atoms with Crippen molar-refractivity contribution in [1.29, 1.82) is 0 Å². The van der Waals surface area contributed by atoms with E-state index >= 15 is 0 Å². The minimum Gasteiger partial charge on any atom is -0.460 e. The molecule has 32 heavy (non-hydrogen) atoms. The van der Waals surface area contributed by atoms with E-state index in [1.165, 1.54) is 37.7 Å². The summed E-state index contributed by atoms with van der Waals surface area (Å²) in [6, 6.07) is 12.1. The fourth-order valence-electron chi connectivity index (χ4n) is 5.73. The molecule has 1 aliphatic heterocycles. The molecule has 1 N–H and O–H groups in total. The number of likely N-dealkylation sites (tertiary alicyclic amines) is 1. The van der Waals surface area contributed by atoms with Gasteiger partial charge in [-0.15, -0.1) is 0 Å². The van der Waals surface area contributed by atoms with E-state index in [1.807, 2.05) is 20.8 Å². The van der Waals surface area contributed by atoms with Gasteiger partial charge in [-0.25, -0.2) is 0 Å². The fraction of sp³-hybridized carbons (Fsp3) is 0.679. The average molecular weight is 439 g/mol. The number of carbonyl (C=O) groups excluding carboxylic acids is 1. The Kier molecular flexibility index (Phi) is 7.11. The zero-order chi connectivity index (χ0) is 22.8. The van der Waals surface area contributed by atoms with Crippen LogP contribution in [0.4, 0.5) is 0 Å². The molecule has 4 rings (SSSR count). The quantitative estimate of drug-likeness (QED) is 0.549. The monoisotopic (exact) mass is 438 g/mol. The van der Waals surface area contributed by atoms with Crippen LogP contribution in [0.1, 0.15) is 78.2 Å². The molecule has 0 unspecified atom stereocenters. The van der Waals surface area contributed by atoms with Gasteiger partial charge in [0.15, 0.2) is 0 Å². The van der Waals surface area contributed by atoms with E-state index in [-0.39, 0.29) is 11.6 Å². The Morgan fingerprint density at radius 3 is 2.50 bits per heavy atom. The van der Waals surface area contributed by atoms with Gasteiger partial charge in [-0.3, -0.25) is 4.79 Å². The smallest absolute Gasteiger partial charge is 0.307 e. The van der Waals surface area contributed by atoms with Crippen LogP contribution in [0, 0.1) is 11.3 Å².